The molecule has 2 aliphatic rings. The summed E-state index contributed by atoms with van der Waals surface area (Å²) in [5.74, 6) is 0.481. The van der Waals surface area contributed by atoms with Crippen LogP contribution in [0.1, 0.15) is 50.7 Å². The molecule has 0 saturated heterocycles. The summed E-state index contributed by atoms with van der Waals surface area (Å²) < 4.78 is 2.36. The van der Waals surface area contributed by atoms with Gasteiger partial charge in [-0.2, -0.15) is 0 Å². The summed E-state index contributed by atoms with van der Waals surface area (Å²) in [6.45, 7) is 4.50. The number of fused-ring (bicyclic) bond motifs is 7. The van der Waals surface area contributed by atoms with E-state index in [-0.39, 0.29) is 22.6 Å². The van der Waals surface area contributed by atoms with Gasteiger partial charge in [0.05, 0.1) is 16.0 Å². The number of thiophene rings is 2. The zero-order valence-corrected chi connectivity index (χ0v) is 26.7. The van der Waals surface area contributed by atoms with E-state index in [2.05, 4.69) is 61.2 Å². The molecule has 0 atom stereocenters. The van der Waals surface area contributed by atoms with Crippen LogP contribution in [-0.4, -0.2) is 16.6 Å². The molecule has 0 amide bonds. The molecule has 0 bridgehead atoms. The first-order valence-electron chi connectivity index (χ1n) is 15.2. The van der Waals surface area contributed by atoms with Crippen LogP contribution in [0.4, 0.5) is 17.2 Å². The number of Topliss-reactive ketones (excluding diaryl/α,β-unsaturated/α-hetero) is 2. The predicted octanol–water partition coefficient (Wildman–Crippen LogP) is 10.7. The fourth-order valence-electron chi connectivity index (χ4n) is 6.94. The largest absolute Gasteiger partial charge is 0.295 e. The van der Waals surface area contributed by atoms with Crippen LogP contribution in [-0.2, 0) is 5.41 Å². The van der Waals surface area contributed by atoms with Crippen LogP contribution in [0.2, 0.25) is 0 Å². The van der Waals surface area contributed by atoms with Crippen molar-refractivity contribution in [1.82, 2.24) is 4.98 Å². The van der Waals surface area contributed by atoms with E-state index >= 15 is 0 Å². The zero-order chi connectivity index (χ0) is 31.2. The second kappa shape index (κ2) is 9.91. The monoisotopic (exact) mass is 630 g/mol. The number of hydrogen-bond acceptors (Lipinski definition) is 6. The number of ketones is 2. The normalized spacial score (nSPS) is 14.5. The number of aromatic nitrogens is 1. The molecule has 4 nitrogen and oxygen atoms in total. The van der Waals surface area contributed by atoms with Gasteiger partial charge in [-0.1, -0.05) is 74.5 Å². The number of carbonyl (C=O) groups is 2. The number of allylic oxidation sites excluding steroid dienone is 1. The topological polar surface area (TPSA) is 50.3 Å². The highest BCUT2D eigenvalue weighted by Gasteiger charge is 2.42. The van der Waals surface area contributed by atoms with Crippen molar-refractivity contribution in [3.05, 3.63) is 148 Å². The fourth-order valence-corrected chi connectivity index (χ4v) is 9.87. The molecule has 2 aliphatic carbocycles. The van der Waals surface area contributed by atoms with Crippen LogP contribution >= 0.6 is 22.7 Å². The van der Waals surface area contributed by atoms with E-state index in [4.69, 9.17) is 4.98 Å². The smallest absolute Gasteiger partial charge is 0.197 e. The van der Waals surface area contributed by atoms with Crippen LogP contribution in [0.3, 0.4) is 0 Å². The molecule has 0 saturated carbocycles. The molecule has 3 aromatic heterocycles. The quantitative estimate of drug-likeness (QED) is 0.143. The maximum absolute atomic E-state index is 13.4. The van der Waals surface area contributed by atoms with Gasteiger partial charge in [0.1, 0.15) is 5.82 Å². The Morgan fingerprint density at radius 2 is 1.26 bits per heavy atom. The number of pyridine rings is 1. The predicted molar refractivity (Wildman–Crippen MR) is 190 cm³/mol. The van der Waals surface area contributed by atoms with Crippen molar-refractivity contribution in [3.63, 3.8) is 0 Å². The molecule has 7 aromatic rings. The minimum atomic E-state index is -0.331. The minimum Gasteiger partial charge on any atom is -0.295 e. The molecule has 0 aliphatic heterocycles. The van der Waals surface area contributed by atoms with Gasteiger partial charge in [0.2, 0.25) is 0 Å². The number of nitrogens with zero attached hydrogens (tertiary/aromatic N) is 2. The SMILES string of the molecule is CC1(C)c2nc(N(c3ccccc3)c3ccccc3)ccc2-c2sc3cc(C=C4C(=O)c5cc6ccccc6cc5C4=O)sc3c21. The molecule has 0 unspecified atom stereocenters. The Hall–Kier alpha value is -5.17. The van der Waals surface area contributed by atoms with Gasteiger partial charge < -0.3 is 0 Å². The number of benzene rings is 4. The van der Waals surface area contributed by atoms with E-state index in [0.29, 0.717) is 11.1 Å². The first-order valence-corrected chi connectivity index (χ1v) is 16.8. The lowest BCUT2D eigenvalue weighted by Gasteiger charge is -2.26. The van der Waals surface area contributed by atoms with Gasteiger partial charge in [0.25, 0.3) is 0 Å². The molecule has 0 N–H and O–H groups in total. The first kappa shape index (κ1) is 27.2. The fraction of sp³-hybridized carbons (Fsp3) is 0.0750. The van der Waals surface area contributed by atoms with Crippen molar-refractivity contribution in [1.29, 1.82) is 0 Å². The van der Waals surface area contributed by atoms with E-state index in [1.807, 2.05) is 72.8 Å². The molecular formula is C40H26N2O2S2. The van der Waals surface area contributed by atoms with Crippen LogP contribution in [0.15, 0.2) is 121 Å². The van der Waals surface area contributed by atoms with Crippen molar-refractivity contribution < 1.29 is 9.59 Å². The Labute approximate surface area is 273 Å². The summed E-state index contributed by atoms with van der Waals surface area (Å²) in [5, 5.41) is 1.93. The van der Waals surface area contributed by atoms with E-state index in [1.54, 1.807) is 28.7 Å². The Morgan fingerprint density at radius 1 is 0.674 bits per heavy atom. The van der Waals surface area contributed by atoms with Gasteiger partial charge in [-0.15, -0.1) is 22.7 Å². The van der Waals surface area contributed by atoms with Gasteiger partial charge in [-0.25, -0.2) is 4.98 Å². The number of para-hydroxylation sites is 2. The second-order valence-corrected chi connectivity index (χ2v) is 14.4. The average molecular weight is 631 g/mol. The Morgan fingerprint density at radius 3 is 1.87 bits per heavy atom. The third-order valence-electron chi connectivity index (χ3n) is 9.13. The Kier molecular flexibility index (Phi) is 5.85. The summed E-state index contributed by atoms with van der Waals surface area (Å²) in [4.78, 5) is 36.6. The minimum absolute atomic E-state index is 0.196. The molecule has 0 fully saturated rings. The van der Waals surface area contributed by atoms with Crippen LogP contribution in [0.5, 0.6) is 0 Å². The highest BCUT2D eigenvalue weighted by Crippen LogP contribution is 2.57. The van der Waals surface area contributed by atoms with Crippen molar-refractivity contribution >= 4 is 77.7 Å². The lowest BCUT2D eigenvalue weighted by Crippen LogP contribution is -2.19. The zero-order valence-electron chi connectivity index (χ0n) is 25.1. The molecule has 6 heteroatoms. The van der Waals surface area contributed by atoms with Crippen LogP contribution in [0, 0.1) is 0 Å². The summed E-state index contributed by atoms with van der Waals surface area (Å²) >= 11 is 3.42. The lowest BCUT2D eigenvalue weighted by atomic mass is 9.86. The Bertz CT molecular complexity index is 2340. The van der Waals surface area contributed by atoms with E-state index in [1.165, 1.54) is 25.4 Å². The third kappa shape index (κ3) is 3.94. The van der Waals surface area contributed by atoms with E-state index in [0.717, 1.165) is 38.5 Å². The molecular weight excluding hydrogens is 605 g/mol. The van der Waals surface area contributed by atoms with Crippen LogP contribution in [0.25, 0.3) is 36.7 Å². The van der Waals surface area contributed by atoms with Gasteiger partial charge in [0, 0.05) is 53.5 Å². The molecule has 46 heavy (non-hydrogen) atoms. The second-order valence-electron chi connectivity index (χ2n) is 12.3. The van der Waals surface area contributed by atoms with Crippen molar-refractivity contribution in [2.45, 2.75) is 19.3 Å². The summed E-state index contributed by atoms with van der Waals surface area (Å²) in [6, 6.07) is 38.7. The average Bonchev–Trinajstić information content (AvgIpc) is 3.76. The standard InChI is InChI=1S/C40H26N2O2S2/c1-40(2)34-37(28-17-18-33(41-39(28)40)42(25-13-5-3-6-14-25)26-15-7-4-8-16-26)46-32-22-27(45-38(32)34)21-31-35(43)29-19-23-11-9-10-12-24(23)20-30(29)36(31)44/h3-22H,1-2H3. The maximum atomic E-state index is 13.4. The molecule has 220 valence electrons. The van der Waals surface area contributed by atoms with E-state index < -0.39 is 0 Å². The van der Waals surface area contributed by atoms with Gasteiger partial charge >= 0.3 is 0 Å². The first-order chi connectivity index (χ1) is 22.4. The number of hydrogen-bond donors (Lipinski definition) is 0. The highest BCUT2D eigenvalue weighted by molar-refractivity contribution is 7.30. The van der Waals surface area contributed by atoms with Crippen LogP contribution < -0.4 is 4.90 Å². The number of carbonyl (C=O) groups excluding carboxylic acids is 2. The molecule has 3 heterocycles. The third-order valence-corrected chi connectivity index (χ3v) is 11.5. The van der Waals surface area contributed by atoms with Gasteiger partial charge in [-0.3, -0.25) is 14.5 Å². The van der Waals surface area contributed by atoms with Crippen molar-refractivity contribution in [2.24, 2.45) is 0 Å². The summed E-state index contributed by atoms with van der Waals surface area (Å²) in [6.07, 6.45) is 1.79. The van der Waals surface area contributed by atoms with Gasteiger partial charge in [-0.05, 0) is 71.4 Å². The molecule has 4 aromatic carbocycles. The molecule has 0 radical (unpaired) electrons. The highest BCUT2D eigenvalue weighted by atomic mass is 32.1. The van der Waals surface area contributed by atoms with Crippen molar-refractivity contribution in [2.75, 3.05) is 4.90 Å². The lowest BCUT2D eigenvalue weighted by molar-refractivity contribution is 0.0990. The van der Waals surface area contributed by atoms with E-state index in [9.17, 15) is 9.59 Å². The van der Waals surface area contributed by atoms with Gasteiger partial charge in [0.15, 0.2) is 11.6 Å². The molecule has 0 spiro atoms. The number of anilines is 3. The Balaban J connectivity index is 1.11. The number of rotatable bonds is 4. The summed E-state index contributed by atoms with van der Waals surface area (Å²) in [7, 11) is 0. The van der Waals surface area contributed by atoms with Crippen molar-refractivity contribution in [3.8, 4) is 10.4 Å². The molecule has 9 rings (SSSR count). The summed E-state index contributed by atoms with van der Waals surface area (Å²) in [5.41, 5.74) is 6.50. The maximum Gasteiger partial charge on any atom is 0.197 e.